The van der Waals surface area contributed by atoms with Crippen LogP contribution in [0.5, 0.6) is 0 Å². The lowest BCUT2D eigenvalue weighted by molar-refractivity contribution is -0.135. The Morgan fingerprint density at radius 1 is 1.12 bits per heavy atom. The second-order valence-electron chi connectivity index (χ2n) is 8.25. The summed E-state index contributed by atoms with van der Waals surface area (Å²) in [5.41, 5.74) is 1.70. The van der Waals surface area contributed by atoms with Crippen molar-refractivity contribution in [2.45, 2.75) is 51.8 Å². The van der Waals surface area contributed by atoms with Crippen LogP contribution in [0.1, 0.15) is 49.2 Å². The third-order valence-corrected chi connectivity index (χ3v) is 5.46. The Morgan fingerprint density at radius 2 is 1.94 bits per heavy atom. The molecule has 3 rings (SSSR count). The quantitative estimate of drug-likeness (QED) is 0.583. The maximum Gasteiger partial charge on any atom is 0.287 e. The molecule has 1 aliphatic rings. The summed E-state index contributed by atoms with van der Waals surface area (Å²) in [5.74, 6) is -0.215. The highest BCUT2D eigenvalue weighted by Gasteiger charge is 2.25. The topological polar surface area (TPSA) is 110 Å². The second kappa shape index (κ2) is 10.9. The highest BCUT2D eigenvalue weighted by atomic mass is 16.5. The normalized spacial score (nSPS) is 16.9. The number of likely N-dealkylation sites (N-methyl/N-ethyl adjacent to an activating group) is 1. The van der Waals surface area contributed by atoms with Gasteiger partial charge in [0.05, 0.1) is 0 Å². The van der Waals surface area contributed by atoms with Crippen LogP contribution in [0.2, 0.25) is 0 Å². The molecule has 3 N–H and O–H groups in total. The van der Waals surface area contributed by atoms with Crippen molar-refractivity contribution in [2.24, 2.45) is 5.92 Å². The van der Waals surface area contributed by atoms with Gasteiger partial charge >= 0.3 is 0 Å². The summed E-state index contributed by atoms with van der Waals surface area (Å²) in [6.45, 7) is 4.72. The first kappa shape index (κ1) is 23.5. The molecule has 0 spiro atoms. The molecule has 172 valence electrons. The van der Waals surface area contributed by atoms with Crippen LogP contribution >= 0.6 is 0 Å². The van der Waals surface area contributed by atoms with Gasteiger partial charge in [0.2, 0.25) is 11.8 Å². The van der Waals surface area contributed by atoms with Gasteiger partial charge in [-0.2, -0.15) is 0 Å². The van der Waals surface area contributed by atoms with E-state index in [4.69, 9.17) is 9.15 Å². The molecule has 2 atom stereocenters. The average Bonchev–Trinajstić information content (AvgIpc) is 3.31. The minimum absolute atomic E-state index is 0.0702. The van der Waals surface area contributed by atoms with Gasteiger partial charge in [-0.1, -0.05) is 32.0 Å². The van der Waals surface area contributed by atoms with Crippen molar-refractivity contribution in [3.8, 4) is 11.3 Å². The van der Waals surface area contributed by atoms with Crippen LogP contribution in [-0.2, 0) is 20.9 Å². The number of furan rings is 1. The fraction of sp³-hybridized carbons (Fsp3) is 0.458. The molecule has 2 heterocycles. The predicted octanol–water partition coefficient (Wildman–Crippen LogP) is 2.63. The molecule has 3 amide bonds. The highest BCUT2D eigenvalue weighted by Crippen LogP contribution is 2.23. The van der Waals surface area contributed by atoms with Gasteiger partial charge < -0.3 is 25.1 Å². The van der Waals surface area contributed by atoms with E-state index in [0.717, 1.165) is 30.4 Å². The molecule has 0 aliphatic carbocycles. The molecule has 0 radical (unpaired) electrons. The van der Waals surface area contributed by atoms with Gasteiger partial charge in [0.15, 0.2) is 5.76 Å². The minimum atomic E-state index is -0.652. The highest BCUT2D eigenvalue weighted by molar-refractivity contribution is 5.96. The molecule has 8 heteroatoms. The lowest BCUT2D eigenvalue weighted by atomic mass is 10.0. The first-order valence-electron chi connectivity index (χ1n) is 11.0. The molecule has 1 saturated heterocycles. The molecule has 1 aromatic heterocycles. The van der Waals surface area contributed by atoms with E-state index in [9.17, 15) is 14.4 Å². The first-order valence-corrected chi connectivity index (χ1v) is 11.0. The summed E-state index contributed by atoms with van der Waals surface area (Å²) in [7, 11) is 1.53. The molecule has 1 aromatic carbocycles. The number of benzene rings is 1. The van der Waals surface area contributed by atoms with Crippen LogP contribution in [0.25, 0.3) is 11.3 Å². The van der Waals surface area contributed by atoms with Gasteiger partial charge in [-0.3, -0.25) is 14.4 Å². The van der Waals surface area contributed by atoms with Gasteiger partial charge in [-0.25, -0.2) is 0 Å². The van der Waals surface area contributed by atoms with E-state index in [2.05, 4.69) is 16.0 Å². The Hall–Kier alpha value is -3.13. The SMILES string of the molecule is CNC(=O)[C@@H](NC(=O)c1ccc(-c2cccc(CNC(=O)C3CCCCO3)c2)o1)C(C)C. The lowest BCUT2D eigenvalue weighted by Crippen LogP contribution is -2.48. The summed E-state index contributed by atoms with van der Waals surface area (Å²) < 4.78 is 11.3. The zero-order valence-electron chi connectivity index (χ0n) is 18.8. The molecule has 1 aliphatic heterocycles. The van der Waals surface area contributed by atoms with Gasteiger partial charge in [-0.05, 0) is 48.9 Å². The Morgan fingerprint density at radius 3 is 2.62 bits per heavy atom. The summed E-state index contributed by atoms with van der Waals surface area (Å²) in [4.78, 5) is 36.9. The van der Waals surface area contributed by atoms with Crippen molar-refractivity contribution in [3.05, 3.63) is 47.7 Å². The number of amides is 3. The Balaban J connectivity index is 1.63. The molecule has 8 nitrogen and oxygen atoms in total. The van der Waals surface area contributed by atoms with Gasteiger partial charge in [0.25, 0.3) is 5.91 Å². The number of hydrogen-bond acceptors (Lipinski definition) is 5. The smallest absolute Gasteiger partial charge is 0.287 e. The largest absolute Gasteiger partial charge is 0.451 e. The fourth-order valence-corrected chi connectivity index (χ4v) is 3.60. The molecule has 1 fully saturated rings. The van der Waals surface area contributed by atoms with E-state index in [1.165, 1.54) is 7.05 Å². The van der Waals surface area contributed by atoms with Crippen molar-refractivity contribution >= 4 is 17.7 Å². The van der Waals surface area contributed by atoms with E-state index in [1.807, 2.05) is 38.1 Å². The minimum Gasteiger partial charge on any atom is -0.451 e. The van der Waals surface area contributed by atoms with E-state index >= 15 is 0 Å². The van der Waals surface area contributed by atoms with Crippen molar-refractivity contribution < 1.29 is 23.5 Å². The van der Waals surface area contributed by atoms with Crippen molar-refractivity contribution in [2.75, 3.05) is 13.7 Å². The van der Waals surface area contributed by atoms with Gasteiger partial charge in [0.1, 0.15) is 17.9 Å². The Bertz CT molecular complexity index is 947. The van der Waals surface area contributed by atoms with Crippen LogP contribution in [-0.4, -0.2) is 43.5 Å². The predicted molar refractivity (Wildman–Crippen MR) is 120 cm³/mol. The number of hydrogen-bond donors (Lipinski definition) is 3. The van der Waals surface area contributed by atoms with Crippen LogP contribution in [0.15, 0.2) is 40.8 Å². The number of nitrogens with one attached hydrogen (secondary N) is 3. The monoisotopic (exact) mass is 441 g/mol. The molecule has 0 bridgehead atoms. The van der Waals surface area contributed by atoms with Crippen molar-refractivity contribution in [1.82, 2.24) is 16.0 Å². The van der Waals surface area contributed by atoms with E-state index < -0.39 is 11.9 Å². The summed E-state index contributed by atoms with van der Waals surface area (Å²) >= 11 is 0. The zero-order chi connectivity index (χ0) is 23.1. The molecular weight excluding hydrogens is 410 g/mol. The average molecular weight is 442 g/mol. The summed E-state index contributed by atoms with van der Waals surface area (Å²) in [6, 6.07) is 10.2. The lowest BCUT2D eigenvalue weighted by Gasteiger charge is -2.21. The van der Waals surface area contributed by atoms with Crippen LogP contribution in [0.3, 0.4) is 0 Å². The van der Waals surface area contributed by atoms with Gasteiger partial charge in [0, 0.05) is 25.8 Å². The molecule has 2 aromatic rings. The maximum atomic E-state index is 12.6. The zero-order valence-corrected chi connectivity index (χ0v) is 18.8. The van der Waals surface area contributed by atoms with Crippen molar-refractivity contribution in [3.63, 3.8) is 0 Å². The fourth-order valence-electron chi connectivity index (χ4n) is 3.60. The number of carbonyl (C=O) groups excluding carboxylic acids is 3. The number of ether oxygens (including phenoxy) is 1. The number of rotatable bonds is 8. The molecule has 1 unspecified atom stereocenters. The first-order chi connectivity index (χ1) is 15.4. The van der Waals surface area contributed by atoms with Crippen LogP contribution in [0.4, 0.5) is 0 Å². The van der Waals surface area contributed by atoms with Crippen LogP contribution < -0.4 is 16.0 Å². The molecular formula is C24H31N3O5. The maximum absolute atomic E-state index is 12.6. The van der Waals surface area contributed by atoms with Crippen LogP contribution in [0, 0.1) is 5.92 Å². The summed E-state index contributed by atoms with van der Waals surface area (Å²) in [6.07, 6.45) is 2.38. The van der Waals surface area contributed by atoms with E-state index in [1.54, 1.807) is 12.1 Å². The third-order valence-electron chi connectivity index (χ3n) is 5.46. The van der Waals surface area contributed by atoms with E-state index in [0.29, 0.717) is 18.9 Å². The second-order valence-corrected chi connectivity index (χ2v) is 8.25. The van der Waals surface area contributed by atoms with Gasteiger partial charge in [-0.15, -0.1) is 0 Å². The molecule has 0 saturated carbocycles. The number of carbonyl (C=O) groups is 3. The Labute approximate surface area is 188 Å². The van der Waals surface area contributed by atoms with E-state index in [-0.39, 0.29) is 29.6 Å². The summed E-state index contributed by atoms with van der Waals surface area (Å²) in [5, 5.41) is 8.20. The Kier molecular flexibility index (Phi) is 8.05. The third kappa shape index (κ3) is 5.97. The standard InChI is InChI=1S/C24H31N3O5/c1-15(2)21(24(30)25-3)27-23(29)20-11-10-18(32-20)17-8-6-7-16(13-17)14-26-22(28)19-9-4-5-12-31-19/h6-8,10-11,13,15,19,21H,4-5,9,12,14H2,1-3H3,(H,25,30)(H,26,28)(H,27,29)/t19?,21-/m0/s1. The van der Waals surface area contributed by atoms with Crippen molar-refractivity contribution in [1.29, 1.82) is 0 Å². The molecule has 32 heavy (non-hydrogen) atoms.